The molecule has 21 heavy (non-hydrogen) atoms. The summed E-state index contributed by atoms with van der Waals surface area (Å²) in [6.07, 6.45) is 20.1. The maximum Gasteiger partial charge on any atom is 0.0459 e. The van der Waals surface area contributed by atoms with E-state index < -0.39 is 0 Å². The van der Waals surface area contributed by atoms with Gasteiger partial charge in [-0.3, -0.25) is 0 Å². The highest BCUT2D eigenvalue weighted by atomic mass is 16.3. The van der Waals surface area contributed by atoms with E-state index in [9.17, 15) is 5.11 Å². The normalized spacial score (nSPS) is 34.0. The van der Waals surface area contributed by atoms with Crippen LogP contribution in [-0.4, -0.2) is 11.7 Å². The molecule has 0 radical (unpaired) electrons. The number of aliphatic hydroxyl groups is 1. The molecule has 2 aliphatic rings. The molecule has 0 heterocycles. The summed E-state index contributed by atoms with van der Waals surface area (Å²) in [5, 5.41) is 9.26. The van der Waals surface area contributed by atoms with Gasteiger partial charge in [0.2, 0.25) is 0 Å². The van der Waals surface area contributed by atoms with E-state index in [0.717, 1.165) is 17.8 Å². The van der Waals surface area contributed by atoms with Gasteiger partial charge in [0.25, 0.3) is 0 Å². The van der Waals surface area contributed by atoms with E-state index in [1.807, 2.05) is 0 Å². The maximum absolute atomic E-state index is 9.26. The van der Waals surface area contributed by atoms with Gasteiger partial charge in [-0.15, -0.1) is 0 Å². The van der Waals surface area contributed by atoms with Crippen molar-refractivity contribution in [3.63, 3.8) is 0 Å². The Morgan fingerprint density at radius 1 is 0.667 bits per heavy atom. The zero-order valence-corrected chi connectivity index (χ0v) is 14.4. The quantitative estimate of drug-likeness (QED) is 0.548. The Morgan fingerprint density at radius 2 is 1.19 bits per heavy atom. The average Bonchev–Trinajstić information content (AvgIpc) is 2.55. The van der Waals surface area contributed by atoms with Crippen molar-refractivity contribution < 1.29 is 5.11 Å². The smallest absolute Gasteiger partial charge is 0.0459 e. The number of rotatable bonds is 8. The third kappa shape index (κ3) is 5.93. The van der Waals surface area contributed by atoms with Gasteiger partial charge in [-0.25, -0.2) is 0 Å². The fourth-order valence-electron chi connectivity index (χ4n) is 4.83. The zero-order valence-electron chi connectivity index (χ0n) is 14.4. The molecule has 0 saturated heterocycles. The maximum atomic E-state index is 9.26. The van der Waals surface area contributed by atoms with E-state index in [1.165, 1.54) is 89.9 Å². The first-order valence-electron chi connectivity index (χ1n) is 9.94. The van der Waals surface area contributed by atoms with Gasteiger partial charge in [-0.1, -0.05) is 58.3 Å². The van der Waals surface area contributed by atoms with Crippen LogP contribution in [0.4, 0.5) is 0 Å². The van der Waals surface area contributed by atoms with Crippen molar-refractivity contribution >= 4 is 0 Å². The lowest BCUT2D eigenvalue weighted by atomic mass is 9.69. The van der Waals surface area contributed by atoms with Crippen LogP contribution < -0.4 is 0 Å². The molecule has 2 fully saturated rings. The summed E-state index contributed by atoms with van der Waals surface area (Å²) < 4.78 is 0. The lowest BCUT2D eigenvalue weighted by Gasteiger charge is -2.37. The van der Waals surface area contributed by atoms with Crippen LogP contribution in [0, 0.1) is 23.7 Å². The summed E-state index contributed by atoms with van der Waals surface area (Å²) in [6.45, 7) is 2.73. The number of hydrogen-bond acceptors (Lipinski definition) is 1. The second-order valence-electron chi connectivity index (χ2n) is 7.95. The number of aliphatic hydroxyl groups excluding tert-OH is 1. The molecule has 2 saturated carbocycles. The average molecular weight is 295 g/mol. The molecule has 0 aromatic rings. The summed E-state index contributed by atoms with van der Waals surface area (Å²) in [7, 11) is 0. The highest BCUT2D eigenvalue weighted by Gasteiger charge is 2.30. The van der Waals surface area contributed by atoms with Gasteiger partial charge in [-0.05, 0) is 62.2 Å². The molecule has 1 N–H and O–H groups in total. The molecule has 0 bridgehead atoms. The minimum absolute atomic E-state index is 0.428. The lowest BCUT2D eigenvalue weighted by Crippen LogP contribution is -2.26. The van der Waals surface area contributed by atoms with Gasteiger partial charge in [0.1, 0.15) is 0 Å². The number of hydrogen-bond donors (Lipinski definition) is 1. The first kappa shape index (κ1) is 17.3. The molecule has 1 heteroatoms. The molecule has 0 amide bonds. The van der Waals surface area contributed by atoms with Crippen LogP contribution in [0.15, 0.2) is 0 Å². The monoisotopic (exact) mass is 294 g/mol. The van der Waals surface area contributed by atoms with E-state index in [4.69, 9.17) is 0 Å². The van der Waals surface area contributed by atoms with Crippen molar-refractivity contribution in [1.29, 1.82) is 0 Å². The topological polar surface area (TPSA) is 20.2 Å². The molecular formula is C20H38O. The van der Waals surface area contributed by atoms with E-state index in [2.05, 4.69) is 6.92 Å². The molecule has 2 rings (SSSR count). The minimum Gasteiger partial charge on any atom is -0.396 e. The molecule has 0 unspecified atom stereocenters. The Balaban J connectivity index is 1.56. The molecule has 0 aromatic heterocycles. The summed E-state index contributed by atoms with van der Waals surface area (Å²) in [6, 6.07) is 0. The standard InChI is InChI=1S/C20H38O/c1-2-3-4-5-6-7-17-8-12-19(13-9-17)20-14-10-18(16-21)11-15-20/h17-21H,2-16H2,1H3/t17-,18-,19-,20-. The Bertz CT molecular complexity index is 247. The fourth-order valence-corrected chi connectivity index (χ4v) is 4.83. The Kier molecular flexibility index (Phi) is 8.14. The molecule has 2 aliphatic carbocycles. The summed E-state index contributed by atoms with van der Waals surface area (Å²) in [5.74, 6) is 3.71. The van der Waals surface area contributed by atoms with Crippen LogP contribution in [0.1, 0.15) is 96.8 Å². The molecule has 0 atom stereocenters. The van der Waals surface area contributed by atoms with Gasteiger partial charge in [-0.2, -0.15) is 0 Å². The van der Waals surface area contributed by atoms with E-state index >= 15 is 0 Å². The Hall–Kier alpha value is -0.0400. The van der Waals surface area contributed by atoms with Crippen molar-refractivity contribution in [3.8, 4) is 0 Å². The summed E-state index contributed by atoms with van der Waals surface area (Å²) >= 11 is 0. The van der Waals surface area contributed by atoms with Crippen molar-refractivity contribution in [2.45, 2.75) is 96.8 Å². The Morgan fingerprint density at radius 3 is 1.71 bits per heavy atom. The van der Waals surface area contributed by atoms with E-state index in [0.29, 0.717) is 12.5 Å². The van der Waals surface area contributed by atoms with Gasteiger partial charge in [0.05, 0.1) is 0 Å². The van der Waals surface area contributed by atoms with Crippen LogP contribution in [-0.2, 0) is 0 Å². The van der Waals surface area contributed by atoms with Crippen LogP contribution in [0.5, 0.6) is 0 Å². The fraction of sp³-hybridized carbons (Fsp3) is 1.00. The van der Waals surface area contributed by atoms with Gasteiger partial charge in [0, 0.05) is 6.61 Å². The highest BCUT2D eigenvalue weighted by molar-refractivity contribution is 4.81. The van der Waals surface area contributed by atoms with E-state index in [1.54, 1.807) is 0 Å². The highest BCUT2D eigenvalue weighted by Crippen LogP contribution is 2.42. The molecular weight excluding hydrogens is 256 g/mol. The van der Waals surface area contributed by atoms with Gasteiger partial charge >= 0.3 is 0 Å². The second-order valence-corrected chi connectivity index (χ2v) is 7.95. The zero-order chi connectivity index (χ0) is 14.9. The molecule has 0 aliphatic heterocycles. The second kappa shape index (κ2) is 9.87. The largest absolute Gasteiger partial charge is 0.396 e. The minimum atomic E-state index is 0.428. The van der Waals surface area contributed by atoms with Crippen LogP contribution >= 0.6 is 0 Å². The summed E-state index contributed by atoms with van der Waals surface area (Å²) in [5.41, 5.74) is 0. The van der Waals surface area contributed by atoms with Crippen LogP contribution in [0.3, 0.4) is 0 Å². The molecule has 124 valence electrons. The first-order valence-corrected chi connectivity index (χ1v) is 9.94. The van der Waals surface area contributed by atoms with Gasteiger partial charge in [0.15, 0.2) is 0 Å². The van der Waals surface area contributed by atoms with Gasteiger partial charge < -0.3 is 5.11 Å². The molecule has 1 nitrogen and oxygen atoms in total. The van der Waals surface area contributed by atoms with Crippen molar-refractivity contribution in [2.75, 3.05) is 6.61 Å². The number of unbranched alkanes of at least 4 members (excludes halogenated alkanes) is 4. The molecule has 0 spiro atoms. The predicted octanol–water partition coefficient (Wildman–Crippen LogP) is 5.95. The van der Waals surface area contributed by atoms with Crippen LogP contribution in [0.25, 0.3) is 0 Å². The molecule has 0 aromatic carbocycles. The van der Waals surface area contributed by atoms with Crippen LogP contribution in [0.2, 0.25) is 0 Å². The Labute approximate surface area is 132 Å². The van der Waals surface area contributed by atoms with Crippen molar-refractivity contribution in [1.82, 2.24) is 0 Å². The third-order valence-corrected chi connectivity index (χ3v) is 6.42. The van der Waals surface area contributed by atoms with E-state index in [-0.39, 0.29) is 0 Å². The SMILES string of the molecule is CCCCCCC[C@H]1CC[C@H]([C@H]2CC[C@H](CO)CC2)CC1. The predicted molar refractivity (Wildman–Crippen MR) is 91.4 cm³/mol. The van der Waals surface area contributed by atoms with Crippen molar-refractivity contribution in [3.05, 3.63) is 0 Å². The third-order valence-electron chi connectivity index (χ3n) is 6.42. The first-order chi connectivity index (χ1) is 10.3. The lowest BCUT2D eigenvalue weighted by molar-refractivity contribution is 0.115. The van der Waals surface area contributed by atoms with Crippen molar-refractivity contribution in [2.24, 2.45) is 23.7 Å². The summed E-state index contributed by atoms with van der Waals surface area (Å²) in [4.78, 5) is 0.